The Morgan fingerprint density at radius 1 is 1.03 bits per heavy atom. The maximum Gasteiger partial charge on any atom is 0.194 e. The van der Waals surface area contributed by atoms with Gasteiger partial charge in [0.1, 0.15) is 35.0 Å². The number of benzene rings is 2. The maximum absolute atomic E-state index is 11.6. The number of rotatable bonds is 11. The molecule has 184 valence electrons. The summed E-state index contributed by atoms with van der Waals surface area (Å²) in [4.78, 5) is 15.7. The molecule has 3 aromatic heterocycles. The van der Waals surface area contributed by atoms with Crippen molar-refractivity contribution in [2.75, 3.05) is 13.2 Å². The number of hydrogen-bond donors (Lipinski definition) is 1. The van der Waals surface area contributed by atoms with Gasteiger partial charge in [0.2, 0.25) is 0 Å². The quantitative estimate of drug-likeness (QED) is 0.176. The van der Waals surface area contributed by atoms with E-state index in [4.69, 9.17) is 18.3 Å². The van der Waals surface area contributed by atoms with Gasteiger partial charge in [-0.3, -0.25) is 9.78 Å². The van der Waals surface area contributed by atoms with Crippen LogP contribution in [0, 0.1) is 6.92 Å². The highest BCUT2D eigenvalue weighted by Gasteiger charge is 2.16. The molecule has 0 fully saturated rings. The number of ether oxygens (including phenoxy) is 2. The Bertz CT molecular complexity index is 1490. The second kappa shape index (κ2) is 10.7. The average molecular weight is 485 g/mol. The Morgan fingerprint density at radius 2 is 1.94 bits per heavy atom. The van der Waals surface area contributed by atoms with E-state index in [-0.39, 0.29) is 12.4 Å². The van der Waals surface area contributed by atoms with Crippen LogP contribution in [0.25, 0.3) is 21.9 Å². The van der Waals surface area contributed by atoms with E-state index in [9.17, 15) is 4.79 Å². The molecule has 5 rings (SSSR count). The molecular weight excluding hydrogens is 456 g/mol. The number of ketones is 1. The van der Waals surface area contributed by atoms with Gasteiger partial charge >= 0.3 is 0 Å². The molecule has 36 heavy (non-hydrogen) atoms. The molecule has 0 saturated carbocycles. The standard InChI is InChI=1S/C29H28N2O5/c1-19-28(18-34-23-9-10-24-22(14-23)15-27(35-24)20(2)32)36-26-8-3-7-25(29(19)26)33-13-5-12-31-17-21-6-4-11-30-16-21/h3-4,6-11,14-16,31H,5,12-13,17-18H2,1-2H3. The van der Waals surface area contributed by atoms with Crippen molar-refractivity contribution >= 4 is 27.7 Å². The zero-order valence-electron chi connectivity index (χ0n) is 20.4. The number of pyridine rings is 1. The van der Waals surface area contributed by atoms with Crippen molar-refractivity contribution in [3.63, 3.8) is 0 Å². The van der Waals surface area contributed by atoms with Crippen molar-refractivity contribution in [2.45, 2.75) is 33.4 Å². The van der Waals surface area contributed by atoms with Gasteiger partial charge in [0.25, 0.3) is 0 Å². The highest BCUT2D eigenvalue weighted by Crippen LogP contribution is 2.34. The molecule has 0 radical (unpaired) electrons. The maximum atomic E-state index is 11.6. The summed E-state index contributed by atoms with van der Waals surface area (Å²) in [6.45, 7) is 6.02. The highest BCUT2D eigenvalue weighted by atomic mass is 16.5. The van der Waals surface area contributed by atoms with Crippen molar-refractivity contribution in [1.82, 2.24) is 10.3 Å². The van der Waals surface area contributed by atoms with Crippen LogP contribution < -0.4 is 14.8 Å². The number of fused-ring (bicyclic) bond motifs is 2. The van der Waals surface area contributed by atoms with E-state index in [1.807, 2.05) is 49.5 Å². The molecule has 0 amide bonds. The van der Waals surface area contributed by atoms with Crippen LogP contribution in [0.4, 0.5) is 0 Å². The lowest BCUT2D eigenvalue weighted by Crippen LogP contribution is -2.17. The number of aryl methyl sites for hydroxylation is 1. The van der Waals surface area contributed by atoms with Gasteiger partial charge in [-0.15, -0.1) is 0 Å². The third-order valence-electron chi connectivity index (χ3n) is 6.03. The van der Waals surface area contributed by atoms with Crippen LogP contribution in [0.5, 0.6) is 11.5 Å². The zero-order chi connectivity index (χ0) is 24.9. The van der Waals surface area contributed by atoms with Crippen LogP contribution in [-0.2, 0) is 13.2 Å². The van der Waals surface area contributed by atoms with Crippen LogP contribution in [0.15, 0.2) is 75.8 Å². The second-order valence-electron chi connectivity index (χ2n) is 8.67. The predicted octanol–water partition coefficient (Wildman–Crippen LogP) is 6.22. The monoisotopic (exact) mass is 484 g/mol. The van der Waals surface area contributed by atoms with E-state index in [2.05, 4.69) is 16.4 Å². The lowest BCUT2D eigenvalue weighted by molar-refractivity contribution is 0.0989. The van der Waals surface area contributed by atoms with Crippen molar-refractivity contribution < 1.29 is 23.1 Å². The van der Waals surface area contributed by atoms with E-state index in [0.29, 0.717) is 23.7 Å². The number of nitrogens with zero attached hydrogens (tertiary/aromatic N) is 1. The second-order valence-corrected chi connectivity index (χ2v) is 8.67. The van der Waals surface area contributed by atoms with Gasteiger partial charge in [0, 0.05) is 36.8 Å². The van der Waals surface area contributed by atoms with E-state index < -0.39 is 0 Å². The third kappa shape index (κ3) is 5.26. The van der Waals surface area contributed by atoms with Gasteiger partial charge < -0.3 is 23.6 Å². The molecule has 1 N–H and O–H groups in total. The van der Waals surface area contributed by atoms with Crippen LogP contribution in [-0.4, -0.2) is 23.9 Å². The third-order valence-corrected chi connectivity index (χ3v) is 6.03. The smallest absolute Gasteiger partial charge is 0.194 e. The molecule has 0 saturated heterocycles. The van der Waals surface area contributed by atoms with Crippen molar-refractivity contribution in [2.24, 2.45) is 0 Å². The zero-order valence-corrected chi connectivity index (χ0v) is 20.4. The fourth-order valence-corrected chi connectivity index (χ4v) is 4.12. The lowest BCUT2D eigenvalue weighted by atomic mass is 10.1. The predicted molar refractivity (Wildman–Crippen MR) is 138 cm³/mol. The lowest BCUT2D eigenvalue weighted by Gasteiger charge is -2.09. The fraction of sp³-hybridized carbons (Fsp3) is 0.241. The number of carbonyl (C=O) groups excluding carboxylic acids is 1. The minimum atomic E-state index is -0.106. The summed E-state index contributed by atoms with van der Waals surface area (Å²) in [6, 6.07) is 17.1. The first-order valence-corrected chi connectivity index (χ1v) is 12.0. The van der Waals surface area contributed by atoms with Gasteiger partial charge in [-0.25, -0.2) is 0 Å². The Hall–Kier alpha value is -4.10. The van der Waals surface area contributed by atoms with Gasteiger partial charge in [-0.05, 0) is 67.9 Å². The molecule has 5 aromatic rings. The first-order valence-electron chi connectivity index (χ1n) is 12.0. The van der Waals surface area contributed by atoms with Gasteiger partial charge in [-0.1, -0.05) is 12.1 Å². The summed E-state index contributed by atoms with van der Waals surface area (Å²) >= 11 is 0. The number of aromatic nitrogens is 1. The number of hydrogen-bond acceptors (Lipinski definition) is 7. The summed E-state index contributed by atoms with van der Waals surface area (Å²) < 4.78 is 23.8. The Morgan fingerprint density at radius 3 is 2.78 bits per heavy atom. The van der Waals surface area contributed by atoms with Crippen molar-refractivity contribution in [3.8, 4) is 11.5 Å². The number of carbonyl (C=O) groups is 1. The Balaban J connectivity index is 1.19. The SMILES string of the molecule is CC(=O)c1cc2cc(OCc3oc4cccc(OCCCNCc5cccnc5)c4c3C)ccc2o1. The van der Waals surface area contributed by atoms with Crippen LogP contribution >= 0.6 is 0 Å². The van der Waals surface area contributed by atoms with Gasteiger partial charge in [0.15, 0.2) is 11.5 Å². The van der Waals surface area contributed by atoms with Crippen LogP contribution in [0.3, 0.4) is 0 Å². The molecule has 0 spiro atoms. The molecule has 7 nitrogen and oxygen atoms in total. The summed E-state index contributed by atoms with van der Waals surface area (Å²) in [5.74, 6) is 2.46. The first-order chi connectivity index (χ1) is 17.6. The summed E-state index contributed by atoms with van der Waals surface area (Å²) in [7, 11) is 0. The molecular formula is C29H28N2O5. The topological polar surface area (TPSA) is 86.7 Å². The normalized spacial score (nSPS) is 11.3. The molecule has 0 bridgehead atoms. The van der Waals surface area contributed by atoms with Gasteiger partial charge in [-0.2, -0.15) is 0 Å². The van der Waals surface area contributed by atoms with E-state index in [1.54, 1.807) is 18.3 Å². The van der Waals surface area contributed by atoms with E-state index in [0.717, 1.165) is 58.5 Å². The van der Waals surface area contributed by atoms with Crippen LogP contribution in [0.1, 0.15) is 40.8 Å². The molecule has 3 heterocycles. The van der Waals surface area contributed by atoms with Gasteiger partial charge in [0.05, 0.1) is 12.0 Å². The molecule has 0 unspecified atom stereocenters. The molecule has 0 aliphatic rings. The molecule has 0 aliphatic heterocycles. The fourth-order valence-electron chi connectivity index (χ4n) is 4.12. The summed E-state index contributed by atoms with van der Waals surface area (Å²) in [5, 5.41) is 5.21. The molecule has 0 aliphatic carbocycles. The summed E-state index contributed by atoms with van der Waals surface area (Å²) in [6.07, 6.45) is 4.53. The van der Waals surface area contributed by atoms with Crippen molar-refractivity contribution in [1.29, 1.82) is 0 Å². The number of nitrogens with one attached hydrogen (secondary N) is 1. The number of furan rings is 2. The van der Waals surface area contributed by atoms with E-state index in [1.165, 1.54) is 6.92 Å². The minimum absolute atomic E-state index is 0.106. The largest absolute Gasteiger partial charge is 0.493 e. The summed E-state index contributed by atoms with van der Waals surface area (Å²) in [5.41, 5.74) is 3.59. The molecule has 0 atom stereocenters. The average Bonchev–Trinajstić information content (AvgIpc) is 3.46. The van der Waals surface area contributed by atoms with E-state index >= 15 is 0 Å². The molecule has 2 aromatic carbocycles. The minimum Gasteiger partial charge on any atom is -0.493 e. The first kappa shape index (κ1) is 23.6. The Labute approximate surface area is 209 Å². The molecule has 7 heteroatoms. The highest BCUT2D eigenvalue weighted by molar-refractivity contribution is 5.96. The van der Waals surface area contributed by atoms with Crippen LogP contribution in [0.2, 0.25) is 0 Å². The Kier molecular flexibility index (Phi) is 7.00. The number of Topliss-reactive ketones (excluding diaryl/α,β-unsaturated/α-hetero) is 1. The van der Waals surface area contributed by atoms with Crippen molar-refractivity contribution in [3.05, 3.63) is 89.6 Å².